The number of rotatable bonds is 6. The van der Waals surface area contributed by atoms with E-state index in [-0.39, 0.29) is 30.7 Å². The number of aryl methyl sites for hydroxylation is 1. The summed E-state index contributed by atoms with van der Waals surface area (Å²) in [5.74, 6) is 0.0233. The second-order valence-corrected chi connectivity index (χ2v) is 5.48. The molecule has 0 radical (unpaired) electrons. The molecule has 1 aliphatic rings. The number of carbonyl (C=O) groups is 2. The average Bonchev–Trinajstić information content (AvgIpc) is 3.12. The van der Waals surface area contributed by atoms with Crippen molar-refractivity contribution in [3.05, 3.63) is 17.3 Å². The molecule has 1 saturated carbocycles. The summed E-state index contributed by atoms with van der Waals surface area (Å²) in [7, 11) is 0. The molecule has 2 rings (SSSR count). The standard InChI is InChI=1S/C14H20N2O4/c1-8(2)16(7-6-11(17)18)14(19)12-9(3)15-13(20-12)10-4-5-10/h8,10H,4-7H2,1-3H3,(H,17,18). The first-order chi connectivity index (χ1) is 9.40. The van der Waals surface area contributed by atoms with Crippen molar-refractivity contribution in [1.82, 2.24) is 9.88 Å². The molecule has 1 heterocycles. The molecule has 1 aliphatic carbocycles. The molecule has 0 spiro atoms. The van der Waals surface area contributed by atoms with Gasteiger partial charge in [-0.25, -0.2) is 4.98 Å². The van der Waals surface area contributed by atoms with E-state index >= 15 is 0 Å². The Morgan fingerprint density at radius 3 is 2.60 bits per heavy atom. The number of oxazole rings is 1. The molecule has 20 heavy (non-hydrogen) atoms. The summed E-state index contributed by atoms with van der Waals surface area (Å²) in [6.45, 7) is 5.63. The minimum atomic E-state index is -0.920. The monoisotopic (exact) mass is 280 g/mol. The van der Waals surface area contributed by atoms with E-state index in [1.807, 2.05) is 13.8 Å². The second-order valence-electron chi connectivity index (χ2n) is 5.48. The summed E-state index contributed by atoms with van der Waals surface area (Å²) in [5.41, 5.74) is 0.581. The zero-order chi connectivity index (χ0) is 14.9. The highest BCUT2D eigenvalue weighted by Crippen LogP contribution is 2.40. The first kappa shape index (κ1) is 14.6. The Labute approximate surface area is 117 Å². The van der Waals surface area contributed by atoms with E-state index in [9.17, 15) is 9.59 Å². The van der Waals surface area contributed by atoms with Gasteiger partial charge in [0, 0.05) is 18.5 Å². The predicted molar refractivity (Wildman–Crippen MR) is 71.6 cm³/mol. The lowest BCUT2D eigenvalue weighted by Crippen LogP contribution is -2.38. The van der Waals surface area contributed by atoms with E-state index in [1.165, 1.54) is 4.90 Å². The lowest BCUT2D eigenvalue weighted by Gasteiger charge is -2.25. The van der Waals surface area contributed by atoms with Crippen molar-refractivity contribution in [1.29, 1.82) is 0 Å². The minimum Gasteiger partial charge on any atom is -0.481 e. The van der Waals surface area contributed by atoms with Gasteiger partial charge in [-0.05, 0) is 33.6 Å². The predicted octanol–water partition coefficient (Wildman–Crippen LogP) is 2.19. The third-order valence-corrected chi connectivity index (χ3v) is 3.38. The molecule has 0 aliphatic heterocycles. The first-order valence-corrected chi connectivity index (χ1v) is 6.90. The maximum absolute atomic E-state index is 12.5. The topological polar surface area (TPSA) is 83.6 Å². The summed E-state index contributed by atoms with van der Waals surface area (Å²) in [6.07, 6.45) is 2.04. The molecule has 0 bridgehead atoms. The molecule has 1 aromatic rings. The number of carboxylic acid groups (broad SMARTS) is 1. The van der Waals surface area contributed by atoms with E-state index in [0.29, 0.717) is 17.5 Å². The molecule has 0 unspecified atom stereocenters. The van der Waals surface area contributed by atoms with E-state index < -0.39 is 5.97 Å². The van der Waals surface area contributed by atoms with Gasteiger partial charge in [-0.15, -0.1) is 0 Å². The summed E-state index contributed by atoms with van der Waals surface area (Å²) in [4.78, 5) is 29.0. The Morgan fingerprint density at radius 2 is 2.10 bits per heavy atom. The van der Waals surface area contributed by atoms with Crippen LogP contribution in [-0.4, -0.2) is 39.5 Å². The highest BCUT2D eigenvalue weighted by Gasteiger charge is 2.32. The van der Waals surface area contributed by atoms with Gasteiger partial charge < -0.3 is 14.4 Å². The van der Waals surface area contributed by atoms with Crippen LogP contribution in [0.15, 0.2) is 4.42 Å². The number of hydrogen-bond acceptors (Lipinski definition) is 4. The molecule has 0 atom stereocenters. The van der Waals surface area contributed by atoms with Gasteiger partial charge in [-0.1, -0.05) is 0 Å². The number of hydrogen-bond donors (Lipinski definition) is 1. The Kier molecular flexibility index (Phi) is 4.11. The molecule has 0 saturated heterocycles. The third-order valence-electron chi connectivity index (χ3n) is 3.38. The zero-order valence-corrected chi connectivity index (χ0v) is 12.0. The number of carboxylic acids is 1. The average molecular weight is 280 g/mol. The van der Waals surface area contributed by atoms with Crippen molar-refractivity contribution in [2.24, 2.45) is 0 Å². The normalized spacial score (nSPS) is 14.6. The van der Waals surface area contributed by atoms with Gasteiger partial charge in [-0.2, -0.15) is 0 Å². The van der Waals surface area contributed by atoms with Crippen LogP contribution < -0.4 is 0 Å². The summed E-state index contributed by atoms with van der Waals surface area (Å²) in [5, 5.41) is 8.76. The van der Waals surface area contributed by atoms with Crippen LogP contribution >= 0.6 is 0 Å². The molecule has 1 amide bonds. The molecule has 1 fully saturated rings. The van der Waals surface area contributed by atoms with Crippen LogP contribution in [0.2, 0.25) is 0 Å². The largest absolute Gasteiger partial charge is 0.481 e. The molecule has 6 nitrogen and oxygen atoms in total. The number of nitrogens with zero attached hydrogens (tertiary/aromatic N) is 2. The lowest BCUT2D eigenvalue weighted by atomic mass is 10.2. The van der Waals surface area contributed by atoms with Gasteiger partial charge in [0.1, 0.15) is 0 Å². The molecule has 0 aromatic carbocycles. The van der Waals surface area contributed by atoms with Gasteiger partial charge >= 0.3 is 5.97 Å². The molecule has 110 valence electrons. The van der Waals surface area contributed by atoms with Crippen molar-refractivity contribution in [3.63, 3.8) is 0 Å². The van der Waals surface area contributed by atoms with Gasteiger partial charge in [-0.3, -0.25) is 9.59 Å². The quantitative estimate of drug-likeness (QED) is 0.863. The van der Waals surface area contributed by atoms with Crippen LogP contribution in [0.1, 0.15) is 61.2 Å². The maximum atomic E-state index is 12.5. The van der Waals surface area contributed by atoms with Crippen LogP contribution in [0.3, 0.4) is 0 Å². The Balaban J connectivity index is 2.15. The van der Waals surface area contributed by atoms with Crippen LogP contribution in [-0.2, 0) is 4.79 Å². The van der Waals surface area contributed by atoms with E-state index in [1.54, 1.807) is 6.92 Å². The van der Waals surface area contributed by atoms with Crippen molar-refractivity contribution < 1.29 is 19.1 Å². The van der Waals surface area contributed by atoms with E-state index in [0.717, 1.165) is 12.8 Å². The number of aromatic nitrogens is 1. The number of amides is 1. The maximum Gasteiger partial charge on any atom is 0.305 e. The van der Waals surface area contributed by atoms with Crippen molar-refractivity contribution in [3.8, 4) is 0 Å². The third kappa shape index (κ3) is 3.18. The van der Waals surface area contributed by atoms with Crippen molar-refractivity contribution in [2.75, 3.05) is 6.54 Å². The zero-order valence-electron chi connectivity index (χ0n) is 12.0. The SMILES string of the molecule is Cc1nc(C2CC2)oc1C(=O)N(CCC(=O)O)C(C)C. The fourth-order valence-corrected chi connectivity index (χ4v) is 2.06. The molecular formula is C14H20N2O4. The second kappa shape index (κ2) is 5.64. The summed E-state index contributed by atoms with van der Waals surface area (Å²) >= 11 is 0. The summed E-state index contributed by atoms with van der Waals surface area (Å²) in [6, 6.07) is -0.0873. The molecular weight excluding hydrogens is 260 g/mol. The molecule has 1 aromatic heterocycles. The van der Waals surface area contributed by atoms with Crippen molar-refractivity contribution in [2.45, 2.75) is 52.0 Å². The van der Waals surface area contributed by atoms with Crippen LogP contribution in [0, 0.1) is 6.92 Å². The van der Waals surface area contributed by atoms with Gasteiger partial charge in [0.25, 0.3) is 5.91 Å². The fourth-order valence-electron chi connectivity index (χ4n) is 2.06. The lowest BCUT2D eigenvalue weighted by molar-refractivity contribution is -0.137. The molecule has 6 heteroatoms. The number of aliphatic carboxylic acids is 1. The number of carbonyl (C=O) groups excluding carboxylic acids is 1. The van der Waals surface area contributed by atoms with Crippen LogP contribution in [0.5, 0.6) is 0 Å². The van der Waals surface area contributed by atoms with Crippen LogP contribution in [0.4, 0.5) is 0 Å². The highest BCUT2D eigenvalue weighted by atomic mass is 16.4. The van der Waals surface area contributed by atoms with E-state index in [4.69, 9.17) is 9.52 Å². The van der Waals surface area contributed by atoms with Gasteiger partial charge in [0.05, 0.1) is 12.1 Å². The van der Waals surface area contributed by atoms with Crippen molar-refractivity contribution >= 4 is 11.9 Å². The smallest absolute Gasteiger partial charge is 0.305 e. The first-order valence-electron chi connectivity index (χ1n) is 6.90. The van der Waals surface area contributed by atoms with E-state index in [2.05, 4.69) is 4.98 Å². The Hall–Kier alpha value is -1.85. The highest BCUT2D eigenvalue weighted by molar-refractivity contribution is 5.92. The molecule has 1 N–H and O–H groups in total. The Bertz CT molecular complexity index is 517. The minimum absolute atomic E-state index is 0.0768. The Morgan fingerprint density at radius 1 is 1.45 bits per heavy atom. The van der Waals surface area contributed by atoms with Gasteiger partial charge in [0.15, 0.2) is 5.89 Å². The summed E-state index contributed by atoms with van der Waals surface area (Å²) < 4.78 is 5.59. The van der Waals surface area contributed by atoms with Crippen LogP contribution in [0.25, 0.3) is 0 Å². The van der Waals surface area contributed by atoms with Gasteiger partial charge in [0.2, 0.25) is 5.76 Å². The fraction of sp³-hybridized carbons (Fsp3) is 0.643.